The minimum Gasteiger partial charge on any atom is -0.373 e. The second kappa shape index (κ2) is 5.70. The third-order valence-corrected chi connectivity index (χ3v) is 5.77. The number of fused-ring (bicyclic) bond motifs is 4. The van der Waals surface area contributed by atoms with Crippen LogP contribution in [0.25, 0.3) is 16.7 Å². The second-order valence-electron chi connectivity index (χ2n) is 7.29. The lowest BCUT2D eigenvalue weighted by molar-refractivity contribution is -0.0362. The first-order valence-electron chi connectivity index (χ1n) is 9.05. The Labute approximate surface area is 152 Å². The molecule has 26 heavy (non-hydrogen) atoms. The number of pyridine rings is 1. The number of aromatic nitrogens is 2. The fourth-order valence-corrected chi connectivity index (χ4v) is 4.35. The van der Waals surface area contributed by atoms with E-state index in [1.54, 1.807) is 0 Å². The number of morpholine rings is 1. The number of hydrogen-bond acceptors (Lipinski definition) is 5. The van der Waals surface area contributed by atoms with E-state index < -0.39 is 0 Å². The van der Waals surface area contributed by atoms with Crippen molar-refractivity contribution >= 4 is 22.5 Å². The Balaban J connectivity index is 1.72. The van der Waals surface area contributed by atoms with Gasteiger partial charge in [-0.3, -0.25) is 9.30 Å². The molecule has 0 radical (unpaired) electrons. The molecule has 2 unspecified atom stereocenters. The molecule has 0 saturated carbocycles. The predicted octanol–water partition coefficient (Wildman–Crippen LogP) is 2.19. The number of imidazole rings is 1. The standard InChI is InChI=1S/C20H21N5O/c1-13-9-19(24-11-17-18(12-24)26-8-7-23(17)2)25-16-6-4-3-5-15(16)22-20(25)14(13)10-21/h3-6,9,17-18H,7-8,11-12H2,1-2H3. The molecule has 2 fully saturated rings. The second-order valence-corrected chi connectivity index (χ2v) is 7.29. The molecule has 0 N–H and O–H groups in total. The third-order valence-electron chi connectivity index (χ3n) is 5.77. The quantitative estimate of drug-likeness (QED) is 0.675. The van der Waals surface area contributed by atoms with Crippen molar-refractivity contribution in [3.05, 3.63) is 41.5 Å². The van der Waals surface area contributed by atoms with Gasteiger partial charge in [-0.2, -0.15) is 5.26 Å². The number of hydrogen-bond donors (Lipinski definition) is 0. The van der Waals surface area contributed by atoms with E-state index >= 15 is 0 Å². The molecule has 0 aliphatic carbocycles. The van der Waals surface area contributed by atoms with Gasteiger partial charge in [-0.1, -0.05) is 12.1 Å². The van der Waals surface area contributed by atoms with Crippen LogP contribution in [0.3, 0.4) is 0 Å². The number of nitrogens with zero attached hydrogens (tertiary/aromatic N) is 5. The van der Waals surface area contributed by atoms with Crippen molar-refractivity contribution in [3.8, 4) is 6.07 Å². The SMILES string of the molecule is Cc1cc(N2CC3OCCN(C)C3C2)n2c(nc3ccccc32)c1C#N. The summed E-state index contributed by atoms with van der Waals surface area (Å²) < 4.78 is 8.16. The molecule has 2 aliphatic rings. The first kappa shape index (κ1) is 15.6. The van der Waals surface area contributed by atoms with E-state index in [1.165, 1.54) is 0 Å². The van der Waals surface area contributed by atoms with E-state index in [1.807, 2.05) is 25.1 Å². The van der Waals surface area contributed by atoms with Crippen LogP contribution in [0.1, 0.15) is 11.1 Å². The first-order valence-corrected chi connectivity index (χ1v) is 9.05. The molecule has 6 heteroatoms. The molecule has 2 aromatic heterocycles. The van der Waals surface area contributed by atoms with E-state index in [0.717, 1.165) is 54.3 Å². The molecule has 3 aromatic rings. The average Bonchev–Trinajstić information content (AvgIpc) is 3.23. The van der Waals surface area contributed by atoms with Crippen LogP contribution < -0.4 is 4.90 Å². The Morgan fingerprint density at radius 1 is 1.27 bits per heavy atom. The molecular weight excluding hydrogens is 326 g/mol. The van der Waals surface area contributed by atoms with Crippen molar-refractivity contribution in [3.63, 3.8) is 0 Å². The topological polar surface area (TPSA) is 56.8 Å². The molecule has 0 amide bonds. The Hall–Kier alpha value is -2.62. The van der Waals surface area contributed by atoms with Gasteiger partial charge in [0.1, 0.15) is 11.9 Å². The predicted molar refractivity (Wildman–Crippen MR) is 101 cm³/mol. The highest BCUT2D eigenvalue weighted by molar-refractivity contribution is 5.85. The summed E-state index contributed by atoms with van der Waals surface area (Å²) in [5, 5.41) is 9.66. The summed E-state index contributed by atoms with van der Waals surface area (Å²) in [7, 11) is 2.18. The number of likely N-dealkylation sites (N-methyl/N-ethyl adjacent to an activating group) is 1. The van der Waals surface area contributed by atoms with Crippen molar-refractivity contribution in [1.29, 1.82) is 5.26 Å². The molecule has 6 nitrogen and oxygen atoms in total. The monoisotopic (exact) mass is 347 g/mol. The minimum absolute atomic E-state index is 0.231. The van der Waals surface area contributed by atoms with Crippen LogP contribution in [0.2, 0.25) is 0 Å². The van der Waals surface area contributed by atoms with Crippen molar-refractivity contribution in [1.82, 2.24) is 14.3 Å². The van der Waals surface area contributed by atoms with Gasteiger partial charge in [-0.15, -0.1) is 0 Å². The Morgan fingerprint density at radius 3 is 2.92 bits per heavy atom. The number of para-hydroxylation sites is 2. The van der Waals surface area contributed by atoms with Crippen molar-refractivity contribution < 1.29 is 4.74 Å². The molecule has 2 saturated heterocycles. The largest absolute Gasteiger partial charge is 0.373 e. The lowest BCUT2D eigenvalue weighted by Gasteiger charge is -2.33. The summed E-state index contributed by atoms with van der Waals surface area (Å²) in [6.07, 6.45) is 0.231. The zero-order valence-electron chi connectivity index (χ0n) is 15.0. The number of nitriles is 1. The van der Waals surface area contributed by atoms with Gasteiger partial charge in [0, 0.05) is 19.6 Å². The van der Waals surface area contributed by atoms with Gasteiger partial charge >= 0.3 is 0 Å². The Kier molecular flexibility index (Phi) is 3.42. The molecule has 2 aliphatic heterocycles. The lowest BCUT2D eigenvalue weighted by atomic mass is 10.1. The third kappa shape index (κ3) is 2.14. The van der Waals surface area contributed by atoms with Gasteiger partial charge in [0.15, 0.2) is 5.65 Å². The molecular formula is C20H21N5O. The summed E-state index contributed by atoms with van der Waals surface area (Å²) in [6.45, 7) is 5.55. The van der Waals surface area contributed by atoms with E-state index in [9.17, 15) is 5.26 Å². The summed E-state index contributed by atoms with van der Waals surface area (Å²) in [5.74, 6) is 1.09. The number of aryl methyl sites for hydroxylation is 1. The zero-order chi connectivity index (χ0) is 17.8. The average molecular weight is 347 g/mol. The number of benzene rings is 1. The van der Waals surface area contributed by atoms with Crippen LogP contribution in [-0.2, 0) is 4.74 Å². The number of anilines is 1. The maximum absolute atomic E-state index is 9.66. The Bertz CT molecular complexity index is 1050. The smallest absolute Gasteiger partial charge is 0.157 e. The fraction of sp³-hybridized carbons (Fsp3) is 0.400. The number of rotatable bonds is 1. The van der Waals surface area contributed by atoms with Crippen molar-refractivity contribution in [2.75, 3.05) is 38.2 Å². The Morgan fingerprint density at radius 2 is 2.12 bits per heavy atom. The van der Waals surface area contributed by atoms with Gasteiger partial charge < -0.3 is 9.64 Å². The molecule has 4 heterocycles. The van der Waals surface area contributed by atoms with E-state index in [4.69, 9.17) is 9.72 Å². The van der Waals surface area contributed by atoms with Gasteiger partial charge in [-0.05, 0) is 37.7 Å². The fourth-order valence-electron chi connectivity index (χ4n) is 4.35. The lowest BCUT2D eigenvalue weighted by Crippen LogP contribution is -2.48. The molecule has 5 rings (SSSR count). The van der Waals surface area contributed by atoms with Crippen molar-refractivity contribution in [2.24, 2.45) is 0 Å². The molecule has 2 atom stereocenters. The van der Waals surface area contributed by atoms with Crippen LogP contribution >= 0.6 is 0 Å². The van der Waals surface area contributed by atoms with Gasteiger partial charge in [0.25, 0.3) is 0 Å². The van der Waals surface area contributed by atoms with Gasteiger partial charge in [0.2, 0.25) is 0 Å². The summed E-state index contributed by atoms with van der Waals surface area (Å²) in [6, 6.07) is 12.9. The van der Waals surface area contributed by atoms with Crippen LogP contribution in [0, 0.1) is 18.3 Å². The van der Waals surface area contributed by atoms with Crippen LogP contribution in [0.15, 0.2) is 30.3 Å². The van der Waals surface area contributed by atoms with Gasteiger partial charge in [0.05, 0.1) is 35.3 Å². The van der Waals surface area contributed by atoms with E-state index in [2.05, 4.69) is 39.5 Å². The summed E-state index contributed by atoms with van der Waals surface area (Å²) >= 11 is 0. The van der Waals surface area contributed by atoms with Crippen LogP contribution in [0.5, 0.6) is 0 Å². The maximum Gasteiger partial charge on any atom is 0.157 e. The van der Waals surface area contributed by atoms with Crippen LogP contribution in [-0.4, -0.2) is 59.7 Å². The first-order chi connectivity index (χ1) is 12.7. The van der Waals surface area contributed by atoms with E-state index in [0.29, 0.717) is 11.6 Å². The number of ether oxygens (including phenoxy) is 1. The van der Waals surface area contributed by atoms with Crippen LogP contribution in [0.4, 0.5) is 5.82 Å². The maximum atomic E-state index is 9.66. The highest BCUT2D eigenvalue weighted by atomic mass is 16.5. The summed E-state index contributed by atoms with van der Waals surface area (Å²) in [5.41, 5.74) is 4.32. The summed E-state index contributed by atoms with van der Waals surface area (Å²) in [4.78, 5) is 9.53. The van der Waals surface area contributed by atoms with Gasteiger partial charge in [-0.25, -0.2) is 4.98 Å². The normalized spacial score (nSPS) is 23.5. The highest BCUT2D eigenvalue weighted by Gasteiger charge is 2.39. The molecule has 1 aromatic carbocycles. The van der Waals surface area contributed by atoms with E-state index in [-0.39, 0.29) is 6.10 Å². The molecule has 132 valence electrons. The molecule has 0 bridgehead atoms. The minimum atomic E-state index is 0.231. The molecule has 0 spiro atoms. The zero-order valence-corrected chi connectivity index (χ0v) is 15.0. The van der Waals surface area contributed by atoms with Crippen molar-refractivity contribution in [2.45, 2.75) is 19.1 Å². The highest BCUT2D eigenvalue weighted by Crippen LogP contribution is 2.32.